The van der Waals surface area contributed by atoms with E-state index in [1.54, 1.807) is 24.3 Å². The first-order valence-corrected chi connectivity index (χ1v) is 12.1. The first-order valence-electron chi connectivity index (χ1n) is 10.0. The SMILES string of the molecule is N[C@H]1CS(=O)(=O)c2ccc(C(=O)C[C@@H]3CCOC3)cc2N(Cc2ccc(Cl)cc2)C1=O. The maximum atomic E-state index is 13.0. The molecule has 1 fully saturated rings. The number of rotatable bonds is 5. The number of nitrogens with two attached hydrogens (primary N) is 1. The summed E-state index contributed by atoms with van der Waals surface area (Å²) in [5.41, 5.74) is 7.24. The van der Waals surface area contributed by atoms with E-state index in [9.17, 15) is 18.0 Å². The summed E-state index contributed by atoms with van der Waals surface area (Å²) in [6.45, 7) is 1.29. The zero-order valence-electron chi connectivity index (χ0n) is 16.8. The lowest BCUT2D eigenvalue weighted by Crippen LogP contribution is -2.45. The van der Waals surface area contributed by atoms with Crippen LogP contribution in [0.15, 0.2) is 47.4 Å². The predicted molar refractivity (Wildman–Crippen MR) is 117 cm³/mol. The number of hydrogen-bond acceptors (Lipinski definition) is 6. The Bertz CT molecular complexity index is 1110. The Morgan fingerprint density at radius 3 is 2.61 bits per heavy atom. The van der Waals surface area contributed by atoms with Crippen LogP contribution in [0, 0.1) is 5.92 Å². The van der Waals surface area contributed by atoms with Crippen LogP contribution in [0.2, 0.25) is 5.02 Å². The van der Waals surface area contributed by atoms with Crippen molar-refractivity contribution < 1.29 is 22.7 Å². The number of hydrogen-bond donors (Lipinski definition) is 1. The van der Waals surface area contributed by atoms with Crippen molar-refractivity contribution in [1.82, 2.24) is 0 Å². The fourth-order valence-corrected chi connectivity index (χ4v) is 5.62. The van der Waals surface area contributed by atoms with Gasteiger partial charge in [-0.2, -0.15) is 0 Å². The summed E-state index contributed by atoms with van der Waals surface area (Å²) in [6.07, 6.45) is 1.14. The summed E-state index contributed by atoms with van der Waals surface area (Å²) in [7, 11) is -3.80. The molecule has 2 aromatic rings. The maximum absolute atomic E-state index is 13.0. The van der Waals surface area contributed by atoms with Crippen LogP contribution in [0.3, 0.4) is 0 Å². The van der Waals surface area contributed by atoms with E-state index in [2.05, 4.69) is 0 Å². The molecule has 1 saturated heterocycles. The van der Waals surface area contributed by atoms with Crippen molar-refractivity contribution in [2.24, 2.45) is 11.7 Å². The van der Waals surface area contributed by atoms with Gasteiger partial charge in [0.15, 0.2) is 15.6 Å². The van der Waals surface area contributed by atoms with Crippen LogP contribution < -0.4 is 10.6 Å². The maximum Gasteiger partial charge on any atom is 0.245 e. The molecule has 31 heavy (non-hydrogen) atoms. The lowest BCUT2D eigenvalue weighted by Gasteiger charge is -2.24. The van der Waals surface area contributed by atoms with E-state index in [1.165, 1.54) is 23.1 Å². The van der Waals surface area contributed by atoms with Gasteiger partial charge in [-0.05, 0) is 48.2 Å². The van der Waals surface area contributed by atoms with Crippen molar-refractivity contribution in [3.8, 4) is 0 Å². The van der Waals surface area contributed by atoms with Gasteiger partial charge in [0.2, 0.25) is 5.91 Å². The number of ether oxygens (including phenoxy) is 1. The molecular weight excluding hydrogens is 440 g/mol. The summed E-state index contributed by atoms with van der Waals surface area (Å²) in [5, 5.41) is 0.550. The van der Waals surface area contributed by atoms with Gasteiger partial charge in [0.05, 0.1) is 28.9 Å². The second-order valence-electron chi connectivity index (χ2n) is 7.98. The number of Topliss-reactive ketones (excluding diaryl/α,β-unsaturated/α-hetero) is 1. The number of anilines is 1. The van der Waals surface area contributed by atoms with E-state index in [-0.39, 0.29) is 28.8 Å². The molecule has 7 nitrogen and oxygen atoms in total. The summed E-state index contributed by atoms with van der Waals surface area (Å²) < 4.78 is 31.1. The number of sulfone groups is 1. The number of halogens is 1. The van der Waals surface area contributed by atoms with E-state index < -0.39 is 27.5 Å². The number of ketones is 1. The highest BCUT2D eigenvalue weighted by Crippen LogP contribution is 2.33. The van der Waals surface area contributed by atoms with Gasteiger partial charge >= 0.3 is 0 Å². The predicted octanol–water partition coefficient (Wildman–Crippen LogP) is 2.60. The Kier molecular flexibility index (Phi) is 6.16. The molecular formula is C22H23ClN2O5S. The Hall–Kier alpha value is -2.26. The van der Waals surface area contributed by atoms with Crippen LogP contribution in [0.1, 0.15) is 28.8 Å². The summed E-state index contributed by atoms with van der Waals surface area (Å²) >= 11 is 5.95. The van der Waals surface area contributed by atoms with E-state index in [4.69, 9.17) is 22.1 Å². The van der Waals surface area contributed by atoms with Crippen molar-refractivity contribution in [1.29, 1.82) is 0 Å². The van der Waals surface area contributed by atoms with Gasteiger partial charge in [0.1, 0.15) is 0 Å². The normalized spacial score (nSPS) is 22.8. The van der Waals surface area contributed by atoms with E-state index in [1.807, 2.05) is 0 Å². The van der Waals surface area contributed by atoms with Gasteiger partial charge in [-0.25, -0.2) is 8.42 Å². The minimum absolute atomic E-state index is 0.00325. The zero-order valence-corrected chi connectivity index (χ0v) is 18.4. The Balaban J connectivity index is 1.74. The molecule has 0 aromatic heterocycles. The third-order valence-electron chi connectivity index (χ3n) is 5.64. The number of carbonyl (C=O) groups excluding carboxylic acids is 2. The average molecular weight is 463 g/mol. The van der Waals surface area contributed by atoms with Crippen molar-refractivity contribution in [3.63, 3.8) is 0 Å². The molecule has 0 aliphatic carbocycles. The van der Waals surface area contributed by atoms with Crippen molar-refractivity contribution in [2.75, 3.05) is 23.9 Å². The van der Waals surface area contributed by atoms with Gasteiger partial charge in [-0.15, -0.1) is 0 Å². The Morgan fingerprint density at radius 1 is 1.19 bits per heavy atom. The molecule has 2 aromatic carbocycles. The van der Waals surface area contributed by atoms with Crippen LogP contribution in [-0.2, 0) is 25.9 Å². The third-order valence-corrected chi connectivity index (χ3v) is 7.71. The number of benzene rings is 2. The Labute approximate surface area is 186 Å². The van der Waals surface area contributed by atoms with Gasteiger partial charge in [0.25, 0.3) is 0 Å². The Morgan fingerprint density at radius 2 is 1.94 bits per heavy atom. The first kappa shape index (κ1) is 22.0. The third kappa shape index (κ3) is 4.67. The molecule has 0 bridgehead atoms. The molecule has 0 unspecified atom stereocenters. The van der Waals surface area contributed by atoms with Crippen LogP contribution in [0.5, 0.6) is 0 Å². The zero-order chi connectivity index (χ0) is 22.2. The van der Waals surface area contributed by atoms with Gasteiger partial charge in [0, 0.05) is 30.2 Å². The summed E-state index contributed by atoms with van der Waals surface area (Å²) in [6, 6.07) is 10.1. The smallest absolute Gasteiger partial charge is 0.245 e. The van der Waals surface area contributed by atoms with Crippen molar-refractivity contribution in [3.05, 3.63) is 58.6 Å². The fourth-order valence-electron chi connectivity index (χ4n) is 3.94. The van der Waals surface area contributed by atoms with Crippen molar-refractivity contribution >= 4 is 38.8 Å². The second kappa shape index (κ2) is 8.70. The number of nitrogens with zero attached hydrogens (tertiary/aromatic N) is 1. The number of amides is 1. The molecule has 2 atom stereocenters. The topological polar surface area (TPSA) is 107 Å². The minimum Gasteiger partial charge on any atom is -0.381 e. The van der Waals surface area contributed by atoms with E-state index in [0.717, 1.165) is 12.0 Å². The highest BCUT2D eigenvalue weighted by Gasteiger charge is 2.36. The van der Waals surface area contributed by atoms with E-state index >= 15 is 0 Å². The highest BCUT2D eigenvalue weighted by molar-refractivity contribution is 7.91. The molecule has 0 saturated carbocycles. The largest absolute Gasteiger partial charge is 0.381 e. The molecule has 2 aliphatic rings. The molecule has 9 heteroatoms. The van der Waals surface area contributed by atoms with Crippen LogP contribution in [0.25, 0.3) is 0 Å². The molecule has 0 radical (unpaired) electrons. The molecule has 2 N–H and O–H groups in total. The highest BCUT2D eigenvalue weighted by atomic mass is 35.5. The average Bonchev–Trinajstić information content (AvgIpc) is 3.23. The van der Waals surface area contributed by atoms with Crippen LogP contribution >= 0.6 is 11.6 Å². The minimum atomic E-state index is -3.80. The summed E-state index contributed by atoms with van der Waals surface area (Å²) in [5.74, 6) is -0.952. The standard InChI is InChI=1S/C22H23ClN2O5S/c23-17-4-1-14(2-5-17)11-25-19-10-16(20(26)9-15-7-8-30-12-15)3-6-21(19)31(28,29)13-18(24)22(25)27/h1-6,10,15,18H,7-9,11-13,24H2/t15-,18-/m0/s1. The molecule has 0 spiro atoms. The molecule has 164 valence electrons. The molecule has 2 aliphatic heterocycles. The fraction of sp³-hybridized carbons (Fsp3) is 0.364. The first-order chi connectivity index (χ1) is 14.7. The lowest BCUT2D eigenvalue weighted by molar-refractivity contribution is -0.119. The van der Waals surface area contributed by atoms with Crippen LogP contribution in [0.4, 0.5) is 5.69 Å². The molecule has 4 rings (SSSR count). The number of carbonyl (C=O) groups is 2. The van der Waals surface area contributed by atoms with Gasteiger partial charge in [-0.1, -0.05) is 23.7 Å². The lowest BCUT2D eigenvalue weighted by atomic mass is 9.97. The summed E-state index contributed by atoms with van der Waals surface area (Å²) in [4.78, 5) is 27.2. The molecule has 1 amide bonds. The van der Waals surface area contributed by atoms with Gasteiger partial charge < -0.3 is 15.4 Å². The number of fused-ring (bicyclic) bond motifs is 1. The van der Waals surface area contributed by atoms with Crippen LogP contribution in [-0.4, -0.2) is 45.1 Å². The van der Waals surface area contributed by atoms with Crippen molar-refractivity contribution in [2.45, 2.75) is 30.3 Å². The van der Waals surface area contributed by atoms with Gasteiger partial charge in [-0.3, -0.25) is 9.59 Å². The quantitative estimate of drug-likeness (QED) is 0.684. The molecule has 2 heterocycles. The van der Waals surface area contributed by atoms with E-state index in [0.29, 0.717) is 30.2 Å². The monoisotopic (exact) mass is 462 g/mol. The second-order valence-corrected chi connectivity index (χ2v) is 10.4.